The summed E-state index contributed by atoms with van der Waals surface area (Å²) in [5, 5.41) is 12.7. The van der Waals surface area contributed by atoms with E-state index in [-0.39, 0.29) is 18.6 Å². The molecular formula is C10H13N5O4. The van der Waals surface area contributed by atoms with Gasteiger partial charge in [0.25, 0.3) is 5.56 Å². The summed E-state index contributed by atoms with van der Waals surface area (Å²) in [6, 6.07) is -0.531. The van der Waals surface area contributed by atoms with Gasteiger partial charge in [-0.3, -0.25) is 9.78 Å². The fraction of sp³-hybridized carbons (Fsp3) is 0.600. The minimum Gasteiger partial charge on any atom is -0.394 e. The first-order chi connectivity index (χ1) is 9.06. The van der Waals surface area contributed by atoms with Crippen molar-refractivity contribution in [3.63, 3.8) is 0 Å². The molecule has 1 aliphatic rings. The number of nitrogens with one attached hydrogen (secondary N) is 1. The van der Waals surface area contributed by atoms with Gasteiger partial charge in [0.2, 0.25) is 0 Å². The molecule has 0 amide bonds. The highest BCUT2D eigenvalue weighted by molar-refractivity contribution is 5.12. The van der Waals surface area contributed by atoms with Gasteiger partial charge in [0.15, 0.2) is 0 Å². The molecule has 2 rings (SSSR count). The van der Waals surface area contributed by atoms with Crippen molar-refractivity contribution in [1.29, 1.82) is 0 Å². The zero-order chi connectivity index (χ0) is 14.0. The molecule has 19 heavy (non-hydrogen) atoms. The van der Waals surface area contributed by atoms with Crippen LogP contribution in [0.25, 0.3) is 10.4 Å². The molecule has 3 atom stereocenters. The van der Waals surface area contributed by atoms with Gasteiger partial charge in [-0.2, -0.15) is 0 Å². The van der Waals surface area contributed by atoms with Crippen LogP contribution < -0.4 is 11.2 Å². The smallest absolute Gasteiger partial charge is 0.328 e. The molecule has 1 saturated heterocycles. The Bertz CT molecular complexity index is 630. The molecule has 0 radical (unpaired) electrons. The number of rotatable bonds is 3. The molecule has 1 fully saturated rings. The Kier molecular flexibility index (Phi) is 3.70. The molecule has 2 N–H and O–H groups in total. The number of hydrogen-bond acceptors (Lipinski definition) is 5. The molecule has 9 nitrogen and oxygen atoms in total. The third-order valence-corrected chi connectivity index (χ3v) is 3.09. The van der Waals surface area contributed by atoms with Crippen LogP contribution in [0.3, 0.4) is 0 Å². The quantitative estimate of drug-likeness (QED) is 0.436. The number of azide groups is 1. The Balaban J connectivity index is 2.34. The molecule has 0 spiro atoms. The van der Waals surface area contributed by atoms with Crippen LogP contribution >= 0.6 is 0 Å². The highest BCUT2D eigenvalue weighted by atomic mass is 16.5. The van der Waals surface area contributed by atoms with Gasteiger partial charge in [0, 0.05) is 18.2 Å². The van der Waals surface area contributed by atoms with E-state index in [1.54, 1.807) is 0 Å². The van der Waals surface area contributed by atoms with Gasteiger partial charge in [0.05, 0.1) is 30.4 Å². The Hall–Kier alpha value is -2.09. The van der Waals surface area contributed by atoms with E-state index in [4.69, 9.17) is 15.4 Å². The Morgan fingerprint density at radius 2 is 2.42 bits per heavy atom. The lowest BCUT2D eigenvalue weighted by Gasteiger charge is -2.12. The molecule has 2 heterocycles. The second-order valence-corrected chi connectivity index (χ2v) is 4.31. The van der Waals surface area contributed by atoms with E-state index in [2.05, 4.69) is 15.0 Å². The van der Waals surface area contributed by atoms with Crippen LogP contribution in [-0.2, 0) is 11.8 Å². The van der Waals surface area contributed by atoms with E-state index in [1.807, 2.05) is 0 Å². The topological polar surface area (TPSA) is 133 Å². The first-order valence-corrected chi connectivity index (χ1v) is 5.67. The summed E-state index contributed by atoms with van der Waals surface area (Å²) in [5.41, 5.74) is 7.66. The monoisotopic (exact) mass is 267 g/mol. The molecular weight excluding hydrogens is 254 g/mol. The summed E-state index contributed by atoms with van der Waals surface area (Å²) in [7, 11) is 1.51. The maximum absolute atomic E-state index is 11.7. The summed E-state index contributed by atoms with van der Waals surface area (Å²) in [5.74, 6) is 0. The molecule has 1 aromatic rings. The van der Waals surface area contributed by atoms with E-state index in [1.165, 1.54) is 17.8 Å². The summed E-state index contributed by atoms with van der Waals surface area (Å²) in [6.45, 7) is -0.302. The average molecular weight is 267 g/mol. The van der Waals surface area contributed by atoms with Gasteiger partial charge >= 0.3 is 5.69 Å². The fourth-order valence-electron chi connectivity index (χ4n) is 2.09. The van der Waals surface area contributed by atoms with Crippen LogP contribution in [0.5, 0.6) is 0 Å². The lowest BCUT2D eigenvalue weighted by Crippen LogP contribution is -2.31. The summed E-state index contributed by atoms with van der Waals surface area (Å²) >= 11 is 0. The van der Waals surface area contributed by atoms with Crippen molar-refractivity contribution in [2.45, 2.75) is 24.7 Å². The third-order valence-electron chi connectivity index (χ3n) is 3.09. The van der Waals surface area contributed by atoms with Crippen LogP contribution in [-0.4, -0.2) is 33.4 Å². The zero-order valence-electron chi connectivity index (χ0n) is 10.2. The first-order valence-electron chi connectivity index (χ1n) is 5.67. The van der Waals surface area contributed by atoms with E-state index in [9.17, 15) is 9.59 Å². The molecule has 0 saturated carbocycles. The van der Waals surface area contributed by atoms with Gasteiger partial charge in [-0.15, -0.1) is 0 Å². The van der Waals surface area contributed by atoms with Gasteiger partial charge in [-0.1, -0.05) is 5.11 Å². The lowest BCUT2D eigenvalue weighted by molar-refractivity contribution is 0.00637. The van der Waals surface area contributed by atoms with Crippen molar-refractivity contribution >= 4 is 0 Å². The van der Waals surface area contributed by atoms with Crippen molar-refractivity contribution in [3.8, 4) is 0 Å². The molecule has 1 unspecified atom stereocenters. The summed E-state index contributed by atoms with van der Waals surface area (Å²) in [4.78, 5) is 27.8. The van der Waals surface area contributed by atoms with Crippen molar-refractivity contribution in [1.82, 2.24) is 9.55 Å². The number of H-pyrrole nitrogens is 1. The first kappa shape index (κ1) is 13.3. The predicted molar refractivity (Wildman–Crippen MR) is 64.6 cm³/mol. The van der Waals surface area contributed by atoms with Crippen LogP contribution in [0.1, 0.15) is 18.1 Å². The number of aromatic nitrogens is 2. The zero-order valence-corrected chi connectivity index (χ0v) is 10.2. The molecule has 0 aliphatic carbocycles. The molecule has 9 heteroatoms. The van der Waals surface area contributed by atoms with Gasteiger partial charge < -0.3 is 14.4 Å². The van der Waals surface area contributed by atoms with Crippen LogP contribution in [0, 0.1) is 0 Å². The van der Waals surface area contributed by atoms with Crippen molar-refractivity contribution < 1.29 is 9.84 Å². The maximum atomic E-state index is 11.7. The van der Waals surface area contributed by atoms with Crippen LogP contribution in [0.4, 0.5) is 0 Å². The van der Waals surface area contributed by atoms with E-state index in [0.717, 1.165) is 0 Å². The summed E-state index contributed by atoms with van der Waals surface area (Å²) < 4.78 is 6.72. The summed E-state index contributed by atoms with van der Waals surface area (Å²) in [6.07, 6.45) is 0.427. The Morgan fingerprint density at radius 1 is 1.68 bits per heavy atom. The largest absolute Gasteiger partial charge is 0.394 e. The fourth-order valence-corrected chi connectivity index (χ4v) is 2.09. The van der Waals surface area contributed by atoms with Gasteiger partial charge in [0.1, 0.15) is 0 Å². The predicted octanol–water partition coefficient (Wildman–Crippen LogP) is -0.425. The maximum Gasteiger partial charge on any atom is 0.328 e. The lowest BCUT2D eigenvalue weighted by atomic mass is 10.1. The van der Waals surface area contributed by atoms with Gasteiger partial charge in [-0.05, 0) is 12.0 Å². The number of hydrogen-bond donors (Lipinski definition) is 2. The van der Waals surface area contributed by atoms with E-state index >= 15 is 0 Å². The SMILES string of the molecule is Cn1cc([C@H]2CC(N=[N+]=[N-])[C@@H](CO)O2)c(=O)[nH]c1=O. The number of aliphatic hydroxyl groups excluding tert-OH is 1. The Labute approximate surface area is 107 Å². The number of aryl methyl sites for hydroxylation is 1. The second-order valence-electron chi connectivity index (χ2n) is 4.31. The van der Waals surface area contributed by atoms with Gasteiger partial charge in [-0.25, -0.2) is 4.79 Å². The highest BCUT2D eigenvalue weighted by Gasteiger charge is 2.36. The highest BCUT2D eigenvalue weighted by Crippen LogP contribution is 2.32. The number of nitrogens with zero attached hydrogens (tertiary/aromatic N) is 4. The molecule has 0 aromatic carbocycles. The third kappa shape index (κ3) is 2.53. The normalized spacial score (nSPS) is 26.1. The molecule has 0 bridgehead atoms. The minimum atomic E-state index is -0.641. The average Bonchev–Trinajstić information content (AvgIpc) is 2.77. The Morgan fingerprint density at radius 3 is 3.05 bits per heavy atom. The van der Waals surface area contributed by atoms with Crippen molar-refractivity contribution in [2.24, 2.45) is 12.2 Å². The standard InChI is InChI=1S/C10H13N5O4/c1-15-3-5(9(17)12-10(15)18)7-2-6(13-14-11)8(4-16)19-7/h3,6-8,16H,2,4H2,1H3,(H,12,17,18)/t6?,7-,8-/m1/s1. The number of ether oxygens (including phenoxy) is 1. The number of aromatic amines is 1. The van der Waals surface area contributed by atoms with E-state index in [0.29, 0.717) is 0 Å². The molecule has 102 valence electrons. The van der Waals surface area contributed by atoms with Crippen molar-refractivity contribution in [2.75, 3.05) is 6.61 Å². The van der Waals surface area contributed by atoms with Crippen LogP contribution in [0.2, 0.25) is 0 Å². The second kappa shape index (κ2) is 5.27. The minimum absolute atomic E-state index is 0.274. The van der Waals surface area contributed by atoms with E-state index < -0.39 is 29.5 Å². The van der Waals surface area contributed by atoms with Crippen LogP contribution in [0.15, 0.2) is 20.9 Å². The number of aliphatic hydroxyl groups is 1. The molecule has 1 aromatic heterocycles. The van der Waals surface area contributed by atoms with Crippen molar-refractivity contribution in [3.05, 3.63) is 43.0 Å². The molecule has 1 aliphatic heterocycles.